The number of rotatable bonds is 6. The topological polar surface area (TPSA) is 98.0 Å². The van der Waals surface area contributed by atoms with Gasteiger partial charge in [-0.25, -0.2) is 0 Å². The predicted octanol–water partition coefficient (Wildman–Crippen LogP) is 1.83. The number of carbonyl (C=O) groups is 2. The Morgan fingerprint density at radius 2 is 1.93 bits per heavy atom. The van der Waals surface area contributed by atoms with Gasteiger partial charge in [-0.15, -0.1) is 0 Å². The molecule has 1 aliphatic carbocycles. The van der Waals surface area contributed by atoms with Crippen molar-refractivity contribution >= 4 is 11.8 Å². The highest BCUT2D eigenvalue weighted by molar-refractivity contribution is 5.94. The summed E-state index contributed by atoms with van der Waals surface area (Å²) in [5.41, 5.74) is 1.81. The van der Waals surface area contributed by atoms with Crippen molar-refractivity contribution in [3.8, 4) is 0 Å². The zero-order chi connectivity index (χ0) is 21.0. The van der Waals surface area contributed by atoms with Crippen molar-refractivity contribution in [1.82, 2.24) is 25.0 Å². The van der Waals surface area contributed by atoms with Crippen LogP contribution in [0.3, 0.4) is 0 Å². The second kappa shape index (κ2) is 9.07. The van der Waals surface area contributed by atoms with E-state index >= 15 is 0 Å². The van der Waals surface area contributed by atoms with Crippen LogP contribution in [0.25, 0.3) is 0 Å². The second-order valence-corrected chi connectivity index (χ2v) is 7.83. The van der Waals surface area contributed by atoms with E-state index in [1.54, 1.807) is 4.68 Å². The molecule has 8 nitrogen and oxygen atoms in total. The van der Waals surface area contributed by atoms with Gasteiger partial charge in [0.15, 0.2) is 0 Å². The van der Waals surface area contributed by atoms with E-state index in [4.69, 9.17) is 0 Å². The molecule has 0 saturated heterocycles. The fraction of sp³-hybridized carbons (Fsp3) is 0.524. The lowest BCUT2D eigenvalue weighted by Crippen LogP contribution is -2.40. The lowest BCUT2D eigenvalue weighted by Gasteiger charge is -2.23. The van der Waals surface area contributed by atoms with Crippen LogP contribution < -0.4 is 16.2 Å². The van der Waals surface area contributed by atoms with E-state index in [0.717, 1.165) is 36.9 Å². The molecule has 156 valence electrons. The second-order valence-electron chi connectivity index (χ2n) is 7.83. The minimum absolute atomic E-state index is 0.0896. The van der Waals surface area contributed by atoms with Crippen molar-refractivity contribution in [2.24, 2.45) is 7.05 Å². The highest BCUT2D eigenvalue weighted by Gasteiger charge is 2.18. The van der Waals surface area contributed by atoms with Gasteiger partial charge in [0.05, 0.1) is 17.3 Å². The molecule has 0 spiro atoms. The average molecular weight is 399 g/mol. The van der Waals surface area contributed by atoms with Gasteiger partial charge < -0.3 is 15.2 Å². The fourth-order valence-electron chi connectivity index (χ4n) is 3.86. The Bertz CT molecular complexity index is 940. The zero-order valence-corrected chi connectivity index (χ0v) is 17.3. The largest absolute Gasteiger partial charge is 0.352 e. The minimum atomic E-state index is -0.309. The lowest BCUT2D eigenvalue weighted by atomic mass is 9.95. The molecule has 2 amide bonds. The van der Waals surface area contributed by atoms with Gasteiger partial charge in [-0.05, 0) is 32.8 Å². The van der Waals surface area contributed by atoms with E-state index in [1.807, 2.05) is 27.1 Å². The van der Waals surface area contributed by atoms with Gasteiger partial charge in [0.25, 0.3) is 11.5 Å². The number of carbonyl (C=O) groups excluding carboxylic acids is 2. The molecule has 8 heteroatoms. The van der Waals surface area contributed by atoms with E-state index in [1.165, 1.54) is 29.3 Å². The summed E-state index contributed by atoms with van der Waals surface area (Å²) in [5.74, 6) is -0.502. The summed E-state index contributed by atoms with van der Waals surface area (Å²) in [6, 6.07) is 2.76. The highest BCUT2D eigenvalue weighted by Crippen LogP contribution is 2.17. The fourth-order valence-corrected chi connectivity index (χ4v) is 3.86. The number of aromatic nitrogens is 3. The summed E-state index contributed by atoms with van der Waals surface area (Å²) < 4.78 is 2.99. The van der Waals surface area contributed by atoms with Gasteiger partial charge in [0, 0.05) is 37.1 Å². The Balaban J connectivity index is 1.65. The molecule has 2 aromatic rings. The molecule has 2 heterocycles. The van der Waals surface area contributed by atoms with Crippen LogP contribution in [0.1, 0.15) is 66.7 Å². The molecule has 0 radical (unpaired) electrons. The first-order chi connectivity index (χ1) is 13.8. The Morgan fingerprint density at radius 1 is 1.21 bits per heavy atom. The van der Waals surface area contributed by atoms with E-state index in [-0.39, 0.29) is 36.0 Å². The predicted molar refractivity (Wildman–Crippen MR) is 110 cm³/mol. The number of nitrogens with zero attached hydrogens (tertiary/aromatic N) is 3. The molecule has 0 aliphatic heterocycles. The van der Waals surface area contributed by atoms with Crippen LogP contribution in [0, 0.1) is 6.92 Å². The first kappa shape index (κ1) is 20.8. The minimum Gasteiger partial charge on any atom is -0.352 e. The summed E-state index contributed by atoms with van der Waals surface area (Å²) in [6.45, 7) is 3.69. The van der Waals surface area contributed by atoms with Crippen LogP contribution in [0.5, 0.6) is 0 Å². The molecule has 1 saturated carbocycles. The van der Waals surface area contributed by atoms with Crippen molar-refractivity contribution in [3.63, 3.8) is 0 Å². The number of aryl methyl sites for hydroxylation is 2. The molecule has 3 rings (SSSR count). The van der Waals surface area contributed by atoms with Crippen LogP contribution in [-0.2, 0) is 18.4 Å². The average Bonchev–Trinajstić information content (AvgIpc) is 3.02. The van der Waals surface area contributed by atoms with Crippen molar-refractivity contribution in [1.29, 1.82) is 0 Å². The Labute approximate surface area is 170 Å². The van der Waals surface area contributed by atoms with E-state index in [2.05, 4.69) is 15.7 Å². The zero-order valence-electron chi connectivity index (χ0n) is 17.3. The summed E-state index contributed by atoms with van der Waals surface area (Å²) in [5, 5.41) is 10.2. The van der Waals surface area contributed by atoms with Crippen LogP contribution >= 0.6 is 0 Å². The summed E-state index contributed by atoms with van der Waals surface area (Å²) in [4.78, 5) is 37.1. The molecule has 0 bridgehead atoms. The first-order valence-corrected chi connectivity index (χ1v) is 10.1. The van der Waals surface area contributed by atoms with Crippen molar-refractivity contribution in [2.75, 3.05) is 0 Å². The maximum Gasteiger partial charge on any atom is 0.253 e. The first-order valence-electron chi connectivity index (χ1n) is 10.1. The standard InChI is InChI=1S/C21H29N5O3/c1-14(18-12-25(3)24-15(18)2)22-21(29)16-9-10-20(28)26(11-16)13-19(27)23-17-7-5-4-6-8-17/h9-12,14,17H,4-8,13H2,1-3H3,(H,22,29)(H,23,27)/t14-/m1/s1. The van der Waals surface area contributed by atoms with Gasteiger partial charge in [-0.1, -0.05) is 19.3 Å². The number of hydrogen-bond donors (Lipinski definition) is 2. The molecule has 1 fully saturated rings. The third kappa shape index (κ3) is 5.34. The quantitative estimate of drug-likeness (QED) is 0.774. The van der Waals surface area contributed by atoms with Crippen molar-refractivity contribution in [2.45, 2.75) is 64.6 Å². The van der Waals surface area contributed by atoms with Crippen LogP contribution in [0.15, 0.2) is 29.3 Å². The summed E-state index contributed by atoms with van der Waals surface area (Å²) in [7, 11) is 1.83. The normalized spacial score (nSPS) is 15.7. The molecule has 0 unspecified atom stereocenters. The number of amides is 2. The molecular formula is C21H29N5O3. The summed E-state index contributed by atoms with van der Waals surface area (Å²) >= 11 is 0. The van der Waals surface area contributed by atoms with Gasteiger partial charge in [0.2, 0.25) is 5.91 Å². The van der Waals surface area contributed by atoms with E-state index in [9.17, 15) is 14.4 Å². The SMILES string of the molecule is Cc1nn(C)cc1[C@@H](C)NC(=O)c1ccc(=O)n(CC(=O)NC2CCCCC2)c1. The Kier molecular flexibility index (Phi) is 6.51. The van der Waals surface area contributed by atoms with Crippen LogP contribution in [-0.4, -0.2) is 32.2 Å². The van der Waals surface area contributed by atoms with Crippen molar-refractivity contribution < 1.29 is 9.59 Å². The number of pyridine rings is 1. The van der Waals surface area contributed by atoms with Gasteiger partial charge in [-0.3, -0.25) is 19.1 Å². The molecular weight excluding hydrogens is 370 g/mol. The maximum absolute atomic E-state index is 12.7. The Morgan fingerprint density at radius 3 is 2.59 bits per heavy atom. The number of hydrogen-bond acceptors (Lipinski definition) is 4. The van der Waals surface area contributed by atoms with E-state index in [0.29, 0.717) is 5.56 Å². The lowest BCUT2D eigenvalue weighted by molar-refractivity contribution is -0.122. The molecule has 2 N–H and O–H groups in total. The molecule has 2 aromatic heterocycles. The highest BCUT2D eigenvalue weighted by atomic mass is 16.2. The molecule has 1 aliphatic rings. The van der Waals surface area contributed by atoms with E-state index < -0.39 is 0 Å². The van der Waals surface area contributed by atoms with Gasteiger partial charge >= 0.3 is 0 Å². The monoisotopic (exact) mass is 399 g/mol. The molecule has 0 aromatic carbocycles. The van der Waals surface area contributed by atoms with Crippen LogP contribution in [0.4, 0.5) is 0 Å². The van der Waals surface area contributed by atoms with Crippen molar-refractivity contribution in [3.05, 3.63) is 51.7 Å². The third-order valence-electron chi connectivity index (χ3n) is 5.40. The number of nitrogens with one attached hydrogen (secondary N) is 2. The van der Waals surface area contributed by atoms with Gasteiger partial charge in [0.1, 0.15) is 6.54 Å². The molecule has 1 atom stereocenters. The van der Waals surface area contributed by atoms with Gasteiger partial charge in [-0.2, -0.15) is 5.10 Å². The van der Waals surface area contributed by atoms with Crippen LogP contribution in [0.2, 0.25) is 0 Å². The smallest absolute Gasteiger partial charge is 0.253 e. The summed E-state index contributed by atoms with van der Waals surface area (Å²) in [6.07, 6.45) is 8.73. The maximum atomic E-state index is 12.7. The third-order valence-corrected chi connectivity index (χ3v) is 5.40. The Hall–Kier alpha value is -2.90. The molecule has 29 heavy (non-hydrogen) atoms.